The summed E-state index contributed by atoms with van der Waals surface area (Å²) in [5.41, 5.74) is 3.93. The molecule has 1 saturated heterocycles. The highest BCUT2D eigenvalue weighted by atomic mass is 16.2. The molecule has 4 rings (SSSR count). The van der Waals surface area contributed by atoms with Crippen molar-refractivity contribution in [3.63, 3.8) is 0 Å². The molecule has 4 nitrogen and oxygen atoms in total. The lowest BCUT2D eigenvalue weighted by Gasteiger charge is -2.17. The van der Waals surface area contributed by atoms with Crippen molar-refractivity contribution in [3.8, 4) is 0 Å². The first-order valence-electron chi connectivity index (χ1n) is 8.47. The van der Waals surface area contributed by atoms with E-state index in [0.29, 0.717) is 5.92 Å². The van der Waals surface area contributed by atoms with Crippen LogP contribution < -0.4 is 0 Å². The van der Waals surface area contributed by atoms with Gasteiger partial charge in [0, 0.05) is 25.5 Å². The minimum Gasteiger partial charge on any atom is -0.338 e. The maximum atomic E-state index is 12.8. The van der Waals surface area contributed by atoms with Gasteiger partial charge in [0.1, 0.15) is 5.65 Å². The Bertz CT molecular complexity index is 869. The van der Waals surface area contributed by atoms with Gasteiger partial charge in [0.2, 0.25) is 0 Å². The van der Waals surface area contributed by atoms with E-state index in [0.717, 1.165) is 42.8 Å². The Morgan fingerprint density at radius 2 is 2.00 bits per heavy atom. The summed E-state index contributed by atoms with van der Waals surface area (Å²) >= 11 is 0. The van der Waals surface area contributed by atoms with Crippen molar-refractivity contribution in [2.75, 3.05) is 13.1 Å². The van der Waals surface area contributed by atoms with Gasteiger partial charge < -0.3 is 9.30 Å². The molecule has 3 heterocycles. The van der Waals surface area contributed by atoms with Crippen LogP contribution in [0.4, 0.5) is 0 Å². The number of nitrogens with zero attached hydrogens (tertiary/aromatic N) is 3. The average Bonchev–Trinajstić information content (AvgIpc) is 3.20. The number of benzene rings is 1. The van der Waals surface area contributed by atoms with Crippen LogP contribution in [0.1, 0.15) is 28.0 Å². The maximum Gasteiger partial charge on any atom is 0.255 e. The summed E-state index contributed by atoms with van der Waals surface area (Å²) in [6.07, 6.45) is 5.97. The Hall–Kier alpha value is -2.62. The molecule has 2 aromatic heterocycles. The second-order valence-electron chi connectivity index (χ2n) is 6.66. The molecule has 1 amide bonds. The SMILES string of the molecule is Cc1cn2cc(C(=O)N3CC[C@H](Cc4ccccc4)C3)ccc2n1. The quantitative estimate of drug-likeness (QED) is 0.742. The molecule has 1 aliphatic rings. The summed E-state index contributed by atoms with van der Waals surface area (Å²) in [4.78, 5) is 19.2. The van der Waals surface area contributed by atoms with Gasteiger partial charge in [0.05, 0.1) is 11.3 Å². The van der Waals surface area contributed by atoms with Crippen LogP contribution in [0.3, 0.4) is 0 Å². The van der Waals surface area contributed by atoms with Gasteiger partial charge in [0.15, 0.2) is 0 Å². The maximum absolute atomic E-state index is 12.8. The molecule has 0 N–H and O–H groups in total. The van der Waals surface area contributed by atoms with E-state index in [2.05, 4.69) is 29.2 Å². The van der Waals surface area contributed by atoms with E-state index in [4.69, 9.17) is 0 Å². The average molecular weight is 319 g/mol. The van der Waals surface area contributed by atoms with Gasteiger partial charge in [-0.05, 0) is 43.4 Å². The molecule has 1 atom stereocenters. The Morgan fingerprint density at radius 3 is 2.83 bits per heavy atom. The van der Waals surface area contributed by atoms with Crippen LogP contribution in [-0.4, -0.2) is 33.3 Å². The Balaban J connectivity index is 1.46. The van der Waals surface area contributed by atoms with Crippen LogP contribution in [0.2, 0.25) is 0 Å². The molecule has 3 aromatic rings. The number of imidazole rings is 1. The minimum absolute atomic E-state index is 0.124. The largest absolute Gasteiger partial charge is 0.338 e. The fourth-order valence-corrected chi connectivity index (χ4v) is 3.56. The van der Waals surface area contributed by atoms with Crippen molar-refractivity contribution in [3.05, 3.63) is 71.7 Å². The van der Waals surface area contributed by atoms with Crippen molar-refractivity contribution in [1.29, 1.82) is 0 Å². The fraction of sp³-hybridized carbons (Fsp3) is 0.300. The van der Waals surface area contributed by atoms with Crippen LogP contribution in [0.5, 0.6) is 0 Å². The Kier molecular flexibility index (Phi) is 3.81. The van der Waals surface area contributed by atoms with Crippen molar-refractivity contribution in [2.24, 2.45) is 5.92 Å². The smallest absolute Gasteiger partial charge is 0.255 e. The molecular formula is C20H21N3O. The molecule has 4 heteroatoms. The van der Waals surface area contributed by atoms with Crippen LogP contribution in [0, 0.1) is 12.8 Å². The lowest BCUT2D eigenvalue weighted by Crippen LogP contribution is -2.29. The van der Waals surface area contributed by atoms with Crippen molar-refractivity contribution < 1.29 is 4.79 Å². The highest BCUT2D eigenvalue weighted by Crippen LogP contribution is 2.22. The molecule has 0 saturated carbocycles. The van der Waals surface area contributed by atoms with E-state index in [9.17, 15) is 4.79 Å². The molecule has 24 heavy (non-hydrogen) atoms. The molecule has 1 aromatic carbocycles. The number of pyridine rings is 1. The van der Waals surface area contributed by atoms with E-state index in [-0.39, 0.29) is 5.91 Å². The monoisotopic (exact) mass is 319 g/mol. The molecule has 122 valence electrons. The summed E-state index contributed by atoms with van der Waals surface area (Å²) in [6.45, 7) is 3.65. The number of rotatable bonds is 3. The fourth-order valence-electron chi connectivity index (χ4n) is 3.56. The third-order valence-corrected chi connectivity index (χ3v) is 4.76. The molecule has 1 fully saturated rings. The predicted molar refractivity (Wildman–Crippen MR) is 94.1 cm³/mol. The zero-order valence-corrected chi connectivity index (χ0v) is 13.9. The van der Waals surface area contributed by atoms with Crippen LogP contribution in [-0.2, 0) is 6.42 Å². The first kappa shape index (κ1) is 14.9. The van der Waals surface area contributed by atoms with Crippen molar-refractivity contribution in [1.82, 2.24) is 14.3 Å². The van der Waals surface area contributed by atoms with Gasteiger partial charge in [-0.1, -0.05) is 30.3 Å². The van der Waals surface area contributed by atoms with E-state index < -0.39 is 0 Å². The van der Waals surface area contributed by atoms with Crippen LogP contribution in [0.25, 0.3) is 5.65 Å². The first-order chi connectivity index (χ1) is 11.7. The molecule has 0 radical (unpaired) electrons. The van der Waals surface area contributed by atoms with E-state index in [1.54, 1.807) is 0 Å². The highest BCUT2D eigenvalue weighted by Gasteiger charge is 2.27. The number of carbonyl (C=O) groups is 1. The van der Waals surface area contributed by atoms with Crippen LogP contribution >= 0.6 is 0 Å². The second-order valence-corrected chi connectivity index (χ2v) is 6.66. The number of likely N-dealkylation sites (tertiary alicyclic amines) is 1. The zero-order valence-electron chi connectivity index (χ0n) is 13.9. The van der Waals surface area contributed by atoms with E-state index >= 15 is 0 Å². The van der Waals surface area contributed by atoms with E-state index in [1.165, 1.54) is 5.56 Å². The topological polar surface area (TPSA) is 37.6 Å². The predicted octanol–water partition coefficient (Wildman–Crippen LogP) is 3.35. The summed E-state index contributed by atoms with van der Waals surface area (Å²) in [5.74, 6) is 0.675. The number of hydrogen-bond donors (Lipinski definition) is 0. The standard InChI is InChI=1S/C20H21N3O/c1-15-12-23-14-18(7-8-19(23)21-15)20(24)22-10-9-17(13-22)11-16-5-3-2-4-6-16/h2-8,12,14,17H,9-11,13H2,1H3/t17-/m1/s1. The number of amides is 1. The van der Waals surface area contributed by atoms with Gasteiger partial charge in [-0.3, -0.25) is 4.79 Å². The molecular weight excluding hydrogens is 298 g/mol. The first-order valence-corrected chi connectivity index (χ1v) is 8.47. The molecule has 1 aliphatic heterocycles. The molecule has 0 aliphatic carbocycles. The second kappa shape index (κ2) is 6.11. The van der Waals surface area contributed by atoms with Gasteiger partial charge >= 0.3 is 0 Å². The number of aromatic nitrogens is 2. The molecule has 0 unspecified atom stereocenters. The lowest BCUT2D eigenvalue weighted by atomic mass is 9.99. The summed E-state index contributed by atoms with van der Waals surface area (Å²) in [6, 6.07) is 14.3. The molecule has 0 bridgehead atoms. The highest BCUT2D eigenvalue weighted by molar-refractivity contribution is 5.94. The summed E-state index contributed by atoms with van der Waals surface area (Å²) in [5, 5.41) is 0. The normalized spacial score (nSPS) is 17.5. The van der Waals surface area contributed by atoms with E-state index in [1.807, 2.05) is 46.8 Å². The number of hydrogen-bond acceptors (Lipinski definition) is 2. The third-order valence-electron chi connectivity index (χ3n) is 4.76. The van der Waals surface area contributed by atoms with Crippen LogP contribution in [0.15, 0.2) is 54.9 Å². The van der Waals surface area contributed by atoms with Gasteiger partial charge in [-0.25, -0.2) is 4.98 Å². The number of carbonyl (C=O) groups excluding carboxylic acids is 1. The van der Waals surface area contributed by atoms with Gasteiger partial charge in [0.25, 0.3) is 5.91 Å². The third kappa shape index (κ3) is 2.92. The van der Waals surface area contributed by atoms with Crippen molar-refractivity contribution >= 4 is 11.6 Å². The Morgan fingerprint density at radius 1 is 1.17 bits per heavy atom. The number of fused-ring (bicyclic) bond motifs is 1. The van der Waals surface area contributed by atoms with Gasteiger partial charge in [-0.15, -0.1) is 0 Å². The molecule has 0 spiro atoms. The minimum atomic E-state index is 0.124. The Labute approximate surface area is 141 Å². The number of aryl methyl sites for hydroxylation is 1. The summed E-state index contributed by atoms with van der Waals surface area (Å²) in [7, 11) is 0. The zero-order chi connectivity index (χ0) is 16.5. The van der Waals surface area contributed by atoms with Gasteiger partial charge in [-0.2, -0.15) is 0 Å². The van der Waals surface area contributed by atoms with Crippen molar-refractivity contribution in [2.45, 2.75) is 19.8 Å². The lowest BCUT2D eigenvalue weighted by molar-refractivity contribution is 0.0786. The summed E-state index contributed by atoms with van der Waals surface area (Å²) < 4.78 is 1.93.